The van der Waals surface area contributed by atoms with E-state index in [0.29, 0.717) is 25.0 Å². The highest BCUT2D eigenvalue weighted by molar-refractivity contribution is 5.87. The molecule has 21 heavy (non-hydrogen) atoms. The van der Waals surface area contributed by atoms with Crippen LogP contribution in [0.1, 0.15) is 42.2 Å². The number of nitrogens with zero attached hydrogens (tertiary/aromatic N) is 4. The average Bonchev–Trinajstić information content (AvgIpc) is 3.09. The molecule has 0 bridgehead atoms. The van der Waals surface area contributed by atoms with Crippen molar-refractivity contribution in [1.29, 1.82) is 0 Å². The van der Waals surface area contributed by atoms with Crippen molar-refractivity contribution >= 4 is 11.8 Å². The van der Waals surface area contributed by atoms with Crippen molar-refractivity contribution < 1.29 is 14.1 Å². The molecule has 8 nitrogen and oxygen atoms in total. The van der Waals surface area contributed by atoms with Gasteiger partial charge in [0.2, 0.25) is 5.91 Å². The highest BCUT2D eigenvalue weighted by Gasteiger charge is 2.31. The lowest BCUT2D eigenvalue weighted by Gasteiger charge is -2.37. The van der Waals surface area contributed by atoms with Crippen LogP contribution in [-0.2, 0) is 11.3 Å². The van der Waals surface area contributed by atoms with Crippen molar-refractivity contribution in [3.63, 3.8) is 0 Å². The molecular weight excluding hydrogens is 274 g/mol. The standard InChI is InChI=1S/C13H19N5O3/c14-12(20)13-15-10(16-21-13)7-17-5-6-18(11(19)8-17)9-3-1-2-4-9/h9H,1-8H2,(H2,14,20). The lowest BCUT2D eigenvalue weighted by Crippen LogP contribution is -2.53. The molecule has 0 radical (unpaired) electrons. The van der Waals surface area contributed by atoms with Gasteiger partial charge >= 0.3 is 11.8 Å². The number of nitrogens with two attached hydrogens (primary N) is 1. The topological polar surface area (TPSA) is 106 Å². The number of hydrogen-bond acceptors (Lipinski definition) is 6. The van der Waals surface area contributed by atoms with Gasteiger partial charge in [-0.3, -0.25) is 14.5 Å². The summed E-state index contributed by atoms with van der Waals surface area (Å²) in [5.41, 5.74) is 5.06. The summed E-state index contributed by atoms with van der Waals surface area (Å²) in [4.78, 5) is 31.0. The van der Waals surface area contributed by atoms with E-state index in [1.807, 2.05) is 9.80 Å². The molecule has 114 valence electrons. The number of rotatable bonds is 4. The summed E-state index contributed by atoms with van der Waals surface area (Å²) in [6, 6.07) is 0.422. The van der Waals surface area contributed by atoms with Crippen LogP contribution in [0.25, 0.3) is 0 Å². The minimum atomic E-state index is -0.740. The van der Waals surface area contributed by atoms with E-state index in [0.717, 1.165) is 25.9 Å². The number of carbonyl (C=O) groups excluding carboxylic acids is 2. The van der Waals surface area contributed by atoms with E-state index in [4.69, 9.17) is 10.3 Å². The Hall–Kier alpha value is -1.96. The molecule has 1 saturated heterocycles. The Morgan fingerprint density at radius 3 is 2.71 bits per heavy atom. The fourth-order valence-electron chi connectivity index (χ4n) is 3.09. The molecular formula is C13H19N5O3. The summed E-state index contributed by atoms with van der Waals surface area (Å²) in [7, 11) is 0. The second-order valence-electron chi connectivity index (χ2n) is 5.62. The van der Waals surface area contributed by atoms with Crippen LogP contribution in [0, 0.1) is 0 Å². The molecule has 2 amide bonds. The van der Waals surface area contributed by atoms with Gasteiger partial charge < -0.3 is 15.2 Å². The highest BCUT2D eigenvalue weighted by atomic mass is 16.5. The Bertz CT molecular complexity index is 538. The van der Waals surface area contributed by atoms with Gasteiger partial charge in [-0.15, -0.1) is 0 Å². The smallest absolute Gasteiger partial charge is 0.315 e. The van der Waals surface area contributed by atoms with E-state index in [1.165, 1.54) is 12.8 Å². The first-order valence-electron chi connectivity index (χ1n) is 7.27. The van der Waals surface area contributed by atoms with Crippen LogP contribution in [0.4, 0.5) is 0 Å². The average molecular weight is 293 g/mol. The van der Waals surface area contributed by atoms with Crippen LogP contribution in [0.5, 0.6) is 0 Å². The van der Waals surface area contributed by atoms with Gasteiger partial charge in [-0.2, -0.15) is 4.98 Å². The maximum absolute atomic E-state index is 12.2. The maximum Gasteiger partial charge on any atom is 0.315 e. The Balaban J connectivity index is 1.56. The van der Waals surface area contributed by atoms with Crippen LogP contribution in [0.2, 0.25) is 0 Å². The van der Waals surface area contributed by atoms with Gasteiger partial charge in [0.25, 0.3) is 0 Å². The summed E-state index contributed by atoms with van der Waals surface area (Å²) >= 11 is 0. The van der Waals surface area contributed by atoms with Gasteiger partial charge in [-0.05, 0) is 12.8 Å². The van der Waals surface area contributed by atoms with Crippen molar-refractivity contribution in [2.24, 2.45) is 5.73 Å². The van der Waals surface area contributed by atoms with Crippen LogP contribution in [0.15, 0.2) is 4.52 Å². The SMILES string of the molecule is NC(=O)c1nc(CN2CCN(C3CCCC3)C(=O)C2)no1. The fraction of sp³-hybridized carbons (Fsp3) is 0.692. The monoisotopic (exact) mass is 293 g/mol. The summed E-state index contributed by atoms with van der Waals surface area (Å²) in [6.07, 6.45) is 4.69. The molecule has 0 spiro atoms. The molecule has 8 heteroatoms. The van der Waals surface area contributed by atoms with Crippen molar-refractivity contribution in [3.8, 4) is 0 Å². The molecule has 1 saturated carbocycles. The third-order valence-corrected chi connectivity index (χ3v) is 4.15. The first kappa shape index (κ1) is 14.0. The van der Waals surface area contributed by atoms with Gasteiger partial charge in [0, 0.05) is 19.1 Å². The van der Waals surface area contributed by atoms with Crippen molar-refractivity contribution in [2.75, 3.05) is 19.6 Å². The molecule has 3 rings (SSSR count). The van der Waals surface area contributed by atoms with E-state index in [-0.39, 0.29) is 11.8 Å². The number of hydrogen-bond donors (Lipinski definition) is 1. The largest absolute Gasteiger partial charge is 0.361 e. The van der Waals surface area contributed by atoms with Gasteiger partial charge in [0.15, 0.2) is 5.82 Å². The first-order valence-corrected chi connectivity index (χ1v) is 7.27. The zero-order chi connectivity index (χ0) is 14.8. The number of aromatic nitrogens is 2. The van der Waals surface area contributed by atoms with Gasteiger partial charge in [0.05, 0.1) is 13.1 Å². The van der Waals surface area contributed by atoms with Crippen molar-refractivity contribution in [1.82, 2.24) is 19.9 Å². The fourth-order valence-corrected chi connectivity index (χ4v) is 3.09. The minimum absolute atomic E-state index is 0.159. The van der Waals surface area contributed by atoms with E-state index < -0.39 is 5.91 Å². The minimum Gasteiger partial charge on any atom is -0.361 e. The molecule has 2 N–H and O–H groups in total. The molecule has 2 heterocycles. The summed E-state index contributed by atoms with van der Waals surface area (Å²) in [6.45, 7) is 2.27. The summed E-state index contributed by atoms with van der Waals surface area (Å²) < 4.78 is 4.74. The zero-order valence-electron chi connectivity index (χ0n) is 11.8. The lowest BCUT2D eigenvalue weighted by atomic mass is 10.1. The molecule has 0 atom stereocenters. The summed E-state index contributed by atoms with van der Waals surface area (Å²) in [5, 5.41) is 3.70. The Labute approximate surface area is 122 Å². The molecule has 2 aliphatic rings. The molecule has 1 aromatic rings. The van der Waals surface area contributed by atoms with Crippen LogP contribution < -0.4 is 5.73 Å². The zero-order valence-corrected chi connectivity index (χ0v) is 11.8. The lowest BCUT2D eigenvalue weighted by molar-refractivity contribution is -0.138. The second kappa shape index (κ2) is 5.80. The Kier molecular flexibility index (Phi) is 3.87. The maximum atomic E-state index is 12.2. The van der Waals surface area contributed by atoms with E-state index in [2.05, 4.69) is 10.1 Å². The van der Waals surface area contributed by atoms with Crippen molar-refractivity contribution in [2.45, 2.75) is 38.3 Å². The van der Waals surface area contributed by atoms with Gasteiger partial charge in [-0.1, -0.05) is 18.0 Å². The van der Waals surface area contributed by atoms with E-state index in [9.17, 15) is 9.59 Å². The third-order valence-electron chi connectivity index (χ3n) is 4.15. The molecule has 2 fully saturated rings. The summed E-state index contributed by atoms with van der Waals surface area (Å²) in [5.74, 6) is -0.394. The molecule has 1 aliphatic carbocycles. The van der Waals surface area contributed by atoms with Crippen LogP contribution in [-0.4, -0.2) is 57.4 Å². The molecule has 1 aliphatic heterocycles. The number of primary amides is 1. The normalized spacial score (nSPS) is 21.1. The van der Waals surface area contributed by atoms with E-state index >= 15 is 0 Å². The number of carbonyl (C=O) groups is 2. The third kappa shape index (κ3) is 3.05. The predicted molar refractivity (Wildman–Crippen MR) is 72.1 cm³/mol. The predicted octanol–water partition coefficient (Wildman–Crippen LogP) is -0.245. The molecule has 0 aromatic carbocycles. The first-order chi connectivity index (χ1) is 10.1. The van der Waals surface area contributed by atoms with E-state index in [1.54, 1.807) is 0 Å². The van der Waals surface area contributed by atoms with Gasteiger partial charge in [-0.25, -0.2) is 0 Å². The molecule has 1 aromatic heterocycles. The number of piperazine rings is 1. The second-order valence-corrected chi connectivity index (χ2v) is 5.62. The van der Waals surface area contributed by atoms with Crippen LogP contribution >= 0.6 is 0 Å². The van der Waals surface area contributed by atoms with Crippen molar-refractivity contribution in [3.05, 3.63) is 11.7 Å². The van der Waals surface area contributed by atoms with Gasteiger partial charge in [0.1, 0.15) is 0 Å². The highest BCUT2D eigenvalue weighted by Crippen LogP contribution is 2.25. The Morgan fingerprint density at radius 2 is 2.10 bits per heavy atom. The molecule has 0 unspecified atom stereocenters. The number of amides is 2. The quantitative estimate of drug-likeness (QED) is 0.821. The van der Waals surface area contributed by atoms with Crippen LogP contribution in [0.3, 0.4) is 0 Å². The Morgan fingerprint density at radius 1 is 1.33 bits per heavy atom.